The molecule has 1 aromatic carbocycles. The molecule has 0 aliphatic heterocycles. The molecule has 0 spiro atoms. The molecular formula is C24H32N2O3. The number of unbranched alkanes of at least 4 members (excludes halogenated alkanes) is 1. The number of ether oxygens (including phenoxy) is 1. The summed E-state index contributed by atoms with van der Waals surface area (Å²) in [5.41, 5.74) is 2.43. The molecule has 3 rings (SSSR count). The van der Waals surface area contributed by atoms with Crippen molar-refractivity contribution in [2.75, 3.05) is 13.2 Å². The van der Waals surface area contributed by atoms with Crippen molar-refractivity contribution < 1.29 is 9.53 Å². The monoisotopic (exact) mass is 396 g/mol. The van der Waals surface area contributed by atoms with Gasteiger partial charge in [0.05, 0.1) is 6.54 Å². The number of pyridine rings is 1. The van der Waals surface area contributed by atoms with Gasteiger partial charge in [-0.1, -0.05) is 44.4 Å². The summed E-state index contributed by atoms with van der Waals surface area (Å²) in [5.74, 6) is 0.464. The van der Waals surface area contributed by atoms with E-state index >= 15 is 0 Å². The zero-order valence-corrected chi connectivity index (χ0v) is 17.4. The largest absolute Gasteiger partial charge is 0.492 e. The van der Waals surface area contributed by atoms with Gasteiger partial charge < -0.3 is 14.6 Å². The molecule has 5 nitrogen and oxygen atoms in total. The summed E-state index contributed by atoms with van der Waals surface area (Å²) in [6.45, 7) is 3.54. The van der Waals surface area contributed by atoms with Crippen molar-refractivity contribution in [2.24, 2.45) is 0 Å². The Kier molecular flexibility index (Phi) is 7.91. The van der Waals surface area contributed by atoms with Gasteiger partial charge in [0.1, 0.15) is 17.9 Å². The maximum absolute atomic E-state index is 13.1. The standard InChI is InChI=1S/C24H32N2O3/c1-2-3-16-26-22-14-10-5-4-7-11-19(22)18-21(24(26)28)23(27)25-15-17-29-20-12-8-6-9-13-20/h6,8-9,12-13,18H,2-5,7,10-11,14-17H2,1H3,(H,25,27). The van der Waals surface area contributed by atoms with Crippen LogP contribution in [0.15, 0.2) is 41.2 Å². The summed E-state index contributed by atoms with van der Waals surface area (Å²) in [6.07, 6.45) is 8.50. The Hall–Kier alpha value is -2.56. The number of para-hydroxylation sites is 1. The lowest BCUT2D eigenvalue weighted by atomic mass is 9.95. The number of hydrogen-bond acceptors (Lipinski definition) is 3. The molecule has 0 bridgehead atoms. The van der Waals surface area contributed by atoms with E-state index in [1.54, 1.807) is 0 Å². The predicted molar refractivity (Wildman–Crippen MR) is 116 cm³/mol. The van der Waals surface area contributed by atoms with Crippen molar-refractivity contribution in [2.45, 2.75) is 64.8 Å². The second-order valence-corrected chi connectivity index (χ2v) is 7.67. The van der Waals surface area contributed by atoms with Gasteiger partial charge in [0.25, 0.3) is 11.5 Å². The summed E-state index contributed by atoms with van der Waals surface area (Å²) < 4.78 is 7.50. The number of benzene rings is 1. The number of carbonyl (C=O) groups excluding carboxylic acids is 1. The smallest absolute Gasteiger partial charge is 0.263 e. The molecule has 0 unspecified atom stereocenters. The highest BCUT2D eigenvalue weighted by Crippen LogP contribution is 2.20. The van der Waals surface area contributed by atoms with Crippen molar-refractivity contribution in [1.29, 1.82) is 0 Å². The van der Waals surface area contributed by atoms with Crippen molar-refractivity contribution >= 4 is 5.91 Å². The van der Waals surface area contributed by atoms with Crippen LogP contribution in [0.2, 0.25) is 0 Å². The minimum absolute atomic E-state index is 0.153. The Balaban J connectivity index is 1.73. The molecule has 2 aromatic rings. The van der Waals surface area contributed by atoms with Crippen LogP contribution in [0.5, 0.6) is 5.75 Å². The van der Waals surface area contributed by atoms with Crippen LogP contribution in [0.1, 0.15) is 67.1 Å². The van der Waals surface area contributed by atoms with Crippen LogP contribution >= 0.6 is 0 Å². The number of amides is 1. The normalized spacial score (nSPS) is 13.8. The van der Waals surface area contributed by atoms with Crippen molar-refractivity contribution in [3.63, 3.8) is 0 Å². The summed E-state index contributed by atoms with van der Waals surface area (Å²) in [4.78, 5) is 25.9. The molecule has 1 N–H and O–H groups in total. The number of aromatic nitrogens is 1. The molecule has 156 valence electrons. The highest BCUT2D eigenvalue weighted by atomic mass is 16.5. The number of hydrogen-bond donors (Lipinski definition) is 1. The van der Waals surface area contributed by atoms with Gasteiger partial charge in [0.2, 0.25) is 0 Å². The molecule has 5 heteroatoms. The Labute approximate surface area is 173 Å². The summed E-state index contributed by atoms with van der Waals surface area (Å²) in [5, 5.41) is 2.85. The van der Waals surface area contributed by atoms with Gasteiger partial charge in [-0.3, -0.25) is 9.59 Å². The third-order valence-electron chi connectivity index (χ3n) is 5.48. The maximum atomic E-state index is 13.1. The van der Waals surface area contributed by atoms with E-state index in [2.05, 4.69) is 12.2 Å². The number of rotatable bonds is 8. The SMILES string of the molecule is CCCCn1c2c(cc(C(=O)NCCOc3ccccc3)c1=O)CCCCCC2. The lowest BCUT2D eigenvalue weighted by Gasteiger charge is -2.21. The van der Waals surface area contributed by atoms with Crippen molar-refractivity contribution in [1.82, 2.24) is 9.88 Å². The lowest BCUT2D eigenvalue weighted by molar-refractivity contribution is 0.0944. The number of nitrogens with zero attached hydrogens (tertiary/aromatic N) is 1. The fourth-order valence-electron chi connectivity index (χ4n) is 3.89. The number of fused-ring (bicyclic) bond motifs is 1. The second-order valence-electron chi connectivity index (χ2n) is 7.67. The molecular weight excluding hydrogens is 364 g/mol. The van der Waals surface area contributed by atoms with Gasteiger partial charge in [0, 0.05) is 12.2 Å². The average molecular weight is 397 g/mol. The molecule has 0 saturated heterocycles. The van der Waals surface area contributed by atoms with E-state index in [-0.39, 0.29) is 17.0 Å². The van der Waals surface area contributed by atoms with Crippen LogP contribution in [0.25, 0.3) is 0 Å². The third kappa shape index (κ3) is 5.72. The first-order chi connectivity index (χ1) is 14.2. The molecule has 1 aliphatic rings. The Bertz CT molecular complexity index is 858. The topological polar surface area (TPSA) is 60.3 Å². The van der Waals surface area contributed by atoms with Gasteiger partial charge in [-0.15, -0.1) is 0 Å². The van der Waals surface area contributed by atoms with E-state index in [0.29, 0.717) is 19.7 Å². The van der Waals surface area contributed by atoms with Crippen LogP contribution in [-0.4, -0.2) is 23.6 Å². The highest BCUT2D eigenvalue weighted by molar-refractivity contribution is 5.94. The van der Waals surface area contributed by atoms with Crippen LogP contribution in [0, 0.1) is 0 Å². The van der Waals surface area contributed by atoms with Crippen molar-refractivity contribution in [3.8, 4) is 5.75 Å². The molecule has 1 amide bonds. The van der Waals surface area contributed by atoms with Gasteiger partial charge in [-0.25, -0.2) is 0 Å². The fraction of sp³-hybridized carbons (Fsp3) is 0.500. The van der Waals surface area contributed by atoms with Crippen LogP contribution < -0.4 is 15.6 Å². The molecule has 1 aliphatic carbocycles. The summed E-state index contributed by atoms with van der Waals surface area (Å²) in [6, 6.07) is 11.3. The van der Waals surface area contributed by atoms with Crippen LogP contribution in [0.3, 0.4) is 0 Å². The van der Waals surface area contributed by atoms with E-state index in [9.17, 15) is 9.59 Å². The molecule has 0 saturated carbocycles. The molecule has 0 atom stereocenters. The fourth-order valence-corrected chi connectivity index (χ4v) is 3.89. The van der Waals surface area contributed by atoms with E-state index in [4.69, 9.17) is 4.74 Å². The van der Waals surface area contributed by atoms with E-state index in [1.807, 2.05) is 41.0 Å². The zero-order chi connectivity index (χ0) is 20.5. The summed E-state index contributed by atoms with van der Waals surface area (Å²) in [7, 11) is 0. The van der Waals surface area contributed by atoms with E-state index < -0.39 is 0 Å². The number of carbonyl (C=O) groups is 1. The number of aryl methyl sites for hydroxylation is 1. The maximum Gasteiger partial charge on any atom is 0.263 e. The van der Waals surface area contributed by atoms with Crippen LogP contribution in [0.4, 0.5) is 0 Å². The minimum Gasteiger partial charge on any atom is -0.492 e. The first-order valence-corrected chi connectivity index (χ1v) is 10.9. The molecule has 0 fully saturated rings. The van der Waals surface area contributed by atoms with Gasteiger partial charge in [-0.05, 0) is 55.9 Å². The Morgan fingerprint density at radius 1 is 1.10 bits per heavy atom. The second kappa shape index (κ2) is 10.8. The van der Waals surface area contributed by atoms with Gasteiger partial charge in [0.15, 0.2) is 0 Å². The lowest BCUT2D eigenvalue weighted by Crippen LogP contribution is -2.37. The zero-order valence-electron chi connectivity index (χ0n) is 17.4. The molecule has 1 heterocycles. The average Bonchev–Trinajstić information content (AvgIpc) is 2.72. The Morgan fingerprint density at radius 3 is 2.62 bits per heavy atom. The predicted octanol–water partition coefficient (Wildman–Crippen LogP) is 4.12. The first-order valence-electron chi connectivity index (χ1n) is 10.9. The summed E-state index contributed by atoms with van der Waals surface area (Å²) >= 11 is 0. The van der Waals surface area contributed by atoms with Crippen LogP contribution in [-0.2, 0) is 19.4 Å². The van der Waals surface area contributed by atoms with E-state index in [1.165, 1.54) is 18.4 Å². The van der Waals surface area contributed by atoms with Gasteiger partial charge >= 0.3 is 0 Å². The van der Waals surface area contributed by atoms with Crippen molar-refractivity contribution in [3.05, 3.63) is 63.6 Å². The third-order valence-corrected chi connectivity index (χ3v) is 5.48. The highest BCUT2D eigenvalue weighted by Gasteiger charge is 2.19. The van der Waals surface area contributed by atoms with Gasteiger partial charge in [-0.2, -0.15) is 0 Å². The molecule has 0 radical (unpaired) electrons. The first kappa shape index (κ1) is 21.2. The molecule has 29 heavy (non-hydrogen) atoms. The minimum atomic E-state index is -0.304. The molecule has 1 aromatic heterocycles. The number of nitrogens with one attached hydrogen (secondary N) is 1. The quantitative estimate of drug-likeness (QED) is 0.683. The Morgan fingerprint density at radius 2 is 1.86 bits per heavy atom. The van der Waals surface area contributed by atoms with E-state index in [0.717, 1.165) is 50.0 Å².